The molecular weight excluding hydrogens is 354 g/mol. The number of phenolic OH excluding ortho intramolecular Hbond substituents is 1. The number of carbonyl (C=O) groups excluding carboxylic acids is 1. The van der Waals surface area contributed by atoms with Crippen molar-refractivity contribution in [3.8, 4) is 11.5 Å². The summed E-state index contributed by atoms with van der Waals surface area (Å²) in [5, 5.41) is 17.0. The number of hydrazone groups is 1. The van der Waals surface area contributed by atoms with Crippen LogP contribution in [0.15, 0.2) is 65.8 Å². The number of aryl methyl sites for hydroxylation is 1. The zero-order valence-corrected chi connectivity index (χ0v) is 15.5. The van der Waals surface area contributed by atoms with Gasteiger partial charge in [-0.05, 0) is 41.1 Å². The SMILES string of the molecule is COc1ccc2c(c1)cc(C(=O)NN=Cc1c(O)ccc3ccccc13)n2C. The van der Waals surface area contributed by atoms with Crippen LogP contribution in [0.25, 0.3) is 21.7 Å². The van der Waals surface area contributed by atoms with Crippen LogP contribution in [0.5, 0.6) is 11.5 Å². The maximum absolute atomic E-state index is 12.6. The number of ether oxygens (including phenoxy) is 1. The minimum atomic E-state index is -0.339. The standard InChI is InChI=1S/C22H19N3O3/c1-25-19-9-8-16(28-2)11-15(19)12-20(25)22(27)24-23-13-18-17-6-4-3-5-14(17)7-10-21(18)26/h3-13,26H,1-2H3,(H,24,27). The summed E-state index contributed by atoms with van der Waals surface area (Å²) >= 11 is 0. The molecule has 28 heavy (non-hydrogen) atoms. The van der Waals surface area contributed by atoms with E-state index in [1.54, 1.807) is 23.8 Å². The molecule has 0 unspecified atom stereocenters. The Hall–Kier alpha value is -3.80. The van der Waals surface area contributed by atoms with Gasteiger partial charge in [0.25, 0.3) is 5.91 Å². The molecular formula is C22H19N3O3. The van der Waals surface area contributed by atoms with Crippen molar-refractivity contribution in [1.82, 2.24) is 9.99 Å². The molecule has 6 heteroatoms. The quantitative estimate of drug-likeness (QED) is 0.422. The Bertz CT molecular complexity index is 1220. The summed E-state index contributed by atoms with van der Waals surface area (Å²) in [4.78, 5) is 12.6. The number of aromatic hydroxyl groups is 1. The van der Waals surface area contributed by atoms with Crippen LogP contribution < -0.4 is 10.2 Å². The molecule has 6 nitrogen and oxygen atoms in total. The van der Waals surface area contributed by atoms with Gasteiger partial charge >= 0.3 is 0 Å². The lowest BCUT2D eigenvalue weighted by Gasteiger charge is -2.05. The Labute approximate surface area is 161 Å². The number of benzene rings is 3. The van der Waals surface area contributed by atoms with Gasteiger partial charge in [0.15, 0.2) is 0 Å². The Morgan fingerprint density at radius 3 is 2.75 bits per heavy atom. The molecule has 0 aliphatic carbocycles. The number of methoxy groups -OCH3 is 1. The molecule has 4 aromatic rings. The van der Waals surface area contributed by atoms with Gasteiger partial charge < -0.3 is 14.4 Å². The molecule has 140 valence electrons. The van der Waals surface area contributed by atoms with Gasteiger partial charge in [0, 0.05) is 23.5 Å². The number of nitrogens with zero attached hydrogens (tertiary/aromatic N) is 2. The van der Waals surface area contributed by atoms with E-state index in [-0.39, 0.29) is 11.7 Å². The number of hydrogen-bond acceptors (Lipinski definition) is 4. The molecule has 3 aromatic carbocycles. The van der Waals surface area contributed by atoms with Crippen LogP contribution in [-0.4, -0.2) is 28.9 Å². The van der Waals surface area contributed by atoms with Crippen LogP contribution in [0.4, 0.5) is 0 Å². The fourth-order valence-corrected chi connectivity index (χ4v) is 3.30. The summed E-state index contributed by atoms with van der Waals surface area (Å²) in [5.74, 6) is 0.497. The molecule has 0 aliphatic heterocycles. The first-order valence-corrected chi connectivity index (χ1v) is 8.76. The number of carbonyl (C=O) groups is 1. The van der Waals surface area contributed by atoms with E-state index in [1.165, 1.54) is 6.21 Å². The van der Waals surface area contributed by atoms with E-state index < -0.39 is 0 Å². The maximum Gasteiger partial charge on any atom is 0.287 e. The fraction of sp³-hybridized carbons (Fsp3) is 0.0909. The molecule has 0 saturated carbocycles. The summed E-state index contributed by atoms with van der Waals surface area (Å²) in [6.07, 6.45) is 1.46. The van der Waals surface area contributed by atoms with Crippen LogP contribution >= 0.6 is 0 Å². The van der Waals surface area contributed by atoms with E-state index in [0.717, 1.165) is 27.4 Å². The highest BCUT2D eigenvalue weighted by Crippen LogP contribution is 2.26. The highest BCUT2D eigenvalue weighted by atomic mass is 16.5. The number of nitrogens with one attached hydrogen (secondary N) is 1. The molecule has 1 amide bonds. The monoisotopic (exact) mass is 373 g/mol. The van der Waals surface area contributed by atoms with Gasteiger partial charge in [-0.2, -0.15) is 5.10 Å². The number of fused-ring (bicyclic) bond motifs is 2. The zero-order chi connectivity index (χ0) is 19.7. The molecule has 0 fully saturated rings. The van der Waals surface area contributed by atoms with Crippen molar-refractivity contribution in [2.24, 2.45) is 12.1 Å². The molecule has 0 spiro atoms. The van der Waals surface area contributed by atoms with E-state index in [2.05, 4.69) is 10.5 Å². The lowest BCUT2D eigenvalue weighted by atomic mass is 10.0. The highest BCUT2D eigenvalue weighted by molar-refractivity contribution is 6.03. The molecule has 0 radical (unpaired) electrons. The lowest BCUT2D eigenvalue weighted by Crippen LogP contribution is -2.20. The van der Waals surface area contributed by atoms with Crippen molar-refractivity contribution in [1.29, 1.82) is 0 Å². The first-order chi connectivity index (χ1) is 13.6. The van der Waals surface area contributed by atoms with E-state index in [0.29, 0.717) is 11.3 Å². The van der Waals surface area contributed by atoms with Crippen LogP contribution in [0.3, 0.4) is 0 Å². The summed E-state index contributed by atoms with van der Waals surface area (Å²) < 4.78 is 7.04. The Balaban J connectivity index is 1.61. The van der Waals surface area contributed by atoms with Gasteiger partial charge in [-0.15, -0.1) is 0 Å². The average Bonchev–Trinajstić information content (AvgIpc) is 3.05. The Morgan fingerprint density at radius 1 is 1.11 bits per heavy atom. The van der Waals surface area contributed by atoms with Crippen molar-refractivity contribution in [2.45, 2.75) is 0 Å². The number of aromatic nitrogens is 1. The van der Waals surface area contributed by atoms with Crippen molar-refractivity contribution in [3.05, 3.63) is 71.9 Å². The third-order valence-electron chi connectivity index (χ3n) is 4.79. The number of phenols is 1. The van der Waals surface area contributed by atoms with E-state index in [1.807, 2.05) is 55.6 Å². The number of hydrogen-bond donors (Lipinski definition) is 2. The van der Waals surface area contributed by atoms with Gasteiger partial charge in [0.1, 0.15) is 17.2 Å². The topological polar surface area (TPSA) is 75.8 Å². The summed E-state index contributed by atoms with van der Waals surface area (Å²) in [5.41, 5.74) is 4.49. The fourth-order valence-electron chi connectivity index (χ4n) is 3.30. The number of rotatable bonds is 4. The van der Waals surface area contributed by atoms with Gasteiger partial charge in [-0.25, -0.2) is 5.43 Å². The molecule has 4 rings (SSSR count). The minimum absolute atomic E-state index is 0.105. The summed E-state index contributed by atoms with van der Waals surface area (Å²) in [6, 6.07) is 18.5. The van der Waals surface area contributed by atoms with Gasteiger partial charge in [-0.3, -0.25) is 4.79 Å². The Kier molecular flexibility index (Phi) is 4.45. The normalized spacial score (nSPS) is 11.4. The molecule has 0 aliphatic rings. The van der Waals surface area contributed by atoms with Gasteiger partial charge in [0.2, 0.25) is 0 Å². The Morgan fingerprint density at radius 2 is 1.93 bits per heavy atom. The third kappa shape index (κ3) is 3.05. The largest absolute Gasteiger partial charge is 0.507 e. The third-order valence-corrected chi connectivity index (χ3v) is 4.79. The molecule has 0 bridgehead atoms. The molecule has 1 heterocycles. The lowest BCUT2D eigenvalue weighted by molar-refractivity contribution is 0.0947. The van der Waals surface area contributed by atoms with Crippen LogP contribution in [0, 0.1) is 0 Å². The second-order valence-electron chi connectivity index (χ2n) is 6.43. The van der Waals surface area contributed by atoms with Crippen molar-refractivity contribution in [3.63, 3.8) is 0 Å². The highest BCUT2D eigenvalue weighted by Gasteiger charge is 2.13. The molecule has 0 saturated heterocycles. The molecule has 1 aromatic heterocycles. The summed E-state index contributed by atoms with van der Waals surface area (Å²) in [7, 11) is 3.43. The molecule has 0 atom stereocenters. The predicted molar refractivity (Wildman–Crippen MR) is 110 cm³/mol. The number of amides is 1. The first-order valence-electron chi connectivity index (χ1n) is 8.76. The smallest absolute Gasteiger partial charge is 0.287 e. The minimum Gasteiger partial charge on any atom is -0.507 e. The predicted octanol–water partition coefficient (Wildman–Crippen LogP) is 3.81. The van der Waals surface area contributed by atoms with Crippen molar-refractivity contribution >= 4 is 33.8 Å². The average molecular weight is 373 g/mol. The van der Waals surface area contributed by atoms with Crippen molar-refractivity contribution in [2.75, 3.05) is 7.11 Å². The maximum atomic E-state index is 12.6. The van der Waals surface area contributed by atoms with Crippen LogP contribution in [0.1, 0.15) is 16.1 Å². The van der Waals surface area contributed by atoms with Crippen LogP contribution in [0.2, 0.25) is 0 Å². The second kappa shape index (κ2) is 7.08. The second-order valence-corrected chi connectivity index (χ2v) is 6.43. The van der Waals surface area contributed by atoms with Gasteiger partial charge in [-0.1, -0.05) is 30.3 Å². The van der Waals surface area contributed by atoms with E-state index >= 15 is 0 Å². The summed E-state index contributed by atoms with van der Waals surface area (Å²) in [6.45, 7) is 0. The zero-order valence-electron chi connectivity index (χ0n) is 15.5. The van der Waals surface area contributed by atoms with E-state index in [9.17, 15) is 9.90 Å². The van der Waals surface area contributed by atoms with E-state index in [4.69, 9.17) is 4.74 Å². The first kappa shape index (κ1) is 17.6. The van der Waals surface area contributed by atoms with Gasteiger partial charge in [0.05, 0.1) is 13.3 Å². The van der Waals surface area contributed by atoms with Crippen molar-refractivity contribution < 1.29 is 14.6 Å². The van der Waals surface area contributed by atoms with Crippen LogP contribution in [-0.2, 0) is 7.05 Å². The molecule has 2 N–H and O–H groups in total.